The summed E-state index contributed by atoms with van der Waals surface area (Å²) < 4.78 is 2.21. The van der Waals surface area contributed by atoms with Crippen molar-refractivity contribution in [1.29, 1.82) is 0 Å². The Labute approximate surface area is 109 Å². The van der Waals surface area contributed by atoms with Crippen LogP contribution >= 0.6 is 0 Å². The number of nitrogens with zero attached hydrogens (tertiary/aromatic N) is 1. The smallest absolute Gasteiger partial charge is 0.152 e. The summed E-state index contributed by atoms with van der Waals surface area (Å²) in [5.74, 6) is 0. The van der Waals surface area contributed by atoms with Crippen LogP contribution in [0.4, 0.5) is 0 Å². The quantitative estimate of drug-likeness (QED) is 0.521. The lowest BCUT2D eigenvalue weighted by molar-refractivity contribution is 0.112. The molecule has 18 heavy (non-hydrogen) atoms. The molecule has 2 rings (SSSR count). The van der Waals surface area contributed by atoms with Crippen LogP contribution in [0.3, 0.4) is 0 Å². The monoisotopic (exact) mass is 243 g/mol. The second-order valence-corrected chi connectivity index (χ2v) is 4.83. The SMILES string of the molecule is CCCCCCCn1cc(C=O)c2ccccc21. The molecule has 0 fully saturated rings. The van der Waals surface area contributed by atoms with Crippen LogP contribution in [0.2, 0.25) is 0 Å². The van der Waals surface area contributed by atoms with Crippen molar-refractivity contribution in [3.8, 4) is 0 Å². The van der Waals surface area contributed by atoms with Crippen molar-refractivity contribution in [3.05, 3.63) is 36.0 Å². The van der Waals surface area contributed by atoms with E-state index in [4.69, 9.17) is 0 Å². The van der Waals surface area contributed by atoms with Gasteiger partial charge in [0.05, 0.1) is 0 Å². The third kappa shape index (κ3) is 2.81. The van der Waals surface area contributed by atoms with E-state index >= 15 is 0 Å². The molecule has 2 heteroatoms. The van der Waals surface area contributed by atoms with Gasteiger partial charge in [0.25, 0.3) is 0 Å². The van der Waals surface area contributed by atoms with Gasteiger partial charge < -0.3 is 4.57 Å². The first-order valence-electron chi connectivity index (χ1n) is 6.90. The largest absolute Gasteiger partial charge is 0.347 e. The Balaban J connectivity index is 2.06. The minimum atomic E-state index is 0.805. The third-order valence-electron chi connectivity index (χ3n) is 3.45. The molecular weight excluding hydrogens is 222 g/mol. The van der Waals surface area contributed by atoms with Crippen molar-refractivity contribution in [1.82, 2.24) is 4.57 Å². The molecule has 0 unspecified atom stereocenters. The van der Waals surface area contributed by atoms with Crippen LogP contribution in [0, 0.1) is 0 Å². The van der Waals surface area contributed by atoms with E-state index in [-0.39, 0.29) is 0 Å². The van der Waals surface area contributed by atoms with Crippen molar-refractivity contribution in [2.45, 2.75) is 45.6 Å². The fourth-order valence-electron chi connectivity index (χ4n) is 2.44. The Kier molecular flexibility index (Phi) is 4.57. The average Bonchev–Trinajstić information content (AvgIpc) is 2.77. The highest BCUT2D eigenvalue weighted by Gasteiger charge is 2.06. The first-order valence-corrected chi connectivity index (χ1v) is 6.90. The molecule has 1 aromatic heterocycles. The molecule has 1 heterocycles. The first kappa shape index (κ1) is 12.9. The Bertz CT molecular complexity index is 513. The van der Waals surface area contributed by atoms with Gasteiger partial charge in [0.1, 0.15) is 0 Å². The molecule has 0 saturated carbocycles. The number of fused-ring (bicyclic) bond motifs is 1. The summed E-state index contributed by atoms with van der Waals surface area (Å²) in [5.41, 5.74) is 1.98. The van der Waals surface area contributed by atoms with Crippen LogP contribution in [0.25, 0.3) is 10.9 Å². The van der Waals surface area contributed by atoms with Crippen molar-refractivity contribution in [2.75, 3.05) is 0 Å². The van der Waals surface area contributed by atoms with Gasteiger partial charge in [-0.3, -0.25) is 4.79 Å². The van der Waals surface area contributed by atoms with E-state index in [2.05, 4.69) is 17.6 Å². The summed E-state index contributed by atoms with van der Waals surface area (Å²) in [7, 11) is 0. The molecular formula is C16H21NO. The summed E-state index contributed by atoms with van der Waals surface area (Å²) in [5, 5.41) is 1.07. The van der Waals surface area contributed by atoms with Gasteiger partial charge in [-0.15, -0.1) is 0 Å². The number of hydrogen-bond acceptors (Lipinski definition) is 1. The van der Waals surface area contributed by atoms with Gasteiger partial charge in [-0.2, -0.15) is 0 Å². The summed E-state index contributed by atoms with van der Waals surface area (Å²) in [4.78, 5) is 11.0. The number of carbonyl (C=O) groups excluding carboxylic acids is 1. The number of aryl methyl sites for hydroxylation is 1. The molecule has 0 N–H and O–H groups in total. The number of para-hydroxylation sites is 1. The van der Waals surface area contributed by atoms with E-state index < -0.39 is 0 Å². The fraction of sp³-hybridized carbons (Fsp3) is 0.438. The van der Waals surface area contributed by atoms with Crippen LogP contribution in [-0.4, -0.2) is 10.9 Å². The van der Waals surface area contributed by atoms with E-state index in [1.54, 1.807) is 0 Å². The highest BCUT2D eigenvalue weighted by molar-refractivity contribution is 5.97. The Morgan fingerprint density at radius 3 is 2.67 bits per heavy atom. The predicted octanol–water partition coefficient (Wildman–Crippen LogP) is 4.42. The average molecular weight is 243 g/mol. The van der Waals surface area contributed by atoms with Gasteiger partial charge in [-0.25, -0.2) is 0 Å². The molecule has 0 spiro atoms. The first-order chi connectivity index (χ1) is 8.86. The highest BCUT2D eigenvalue weighted by Crippen LogP contribution is 2.20. The van der Waals surface area contributed by atoms with Crippen LogP contribution < -0.4 is 0 Å². The zero-order valence-corrected chi connectivity index (χ0v) is 11.1. The van der Waals surface area contributed by atoms with E-state index in [0.29, 0.717) is 0 Å². The maximum Gasteiger partial charge on any atom is 0.152 e. The topological polar surface area (TPSA) is 22.0 Å². The molecule has 0 saturated heterocycles. The molecule has 0 aliphatic rings. The molecule has 0 amide bonds. The fourth-order valence-corrected chi connectivity index (χ4v) is 2.44. The van der Waals surface area contributed by atoms with Crippen LogP contribution in [0.1, 0.15) is 49.4 Å². The van der Waals surface area contributed by atoms with Gasteiger partial charge in [-0.05, 0) is 12.5 Å². The molecule has 2 nitrogen and oxygen atoms in total. The number of benzene rings is 1. The standard InChI is InChI=1S/C16H21NO/c1-2-3-4-5-8-11-17-12-14(13-18)15-9-6-7-10-16(15)17/h6-7,9-10,12-13H,2-5,8,11H2,1H3. The number of aromatic nitrogens is 1. The lowest BCUT2D eigenvalue weighted by atomic mass is 10.1. The lowest BCUT2D eigenvalue weighted by Crippen LogP contribution is -1.95. The third-order valence-corrected chi connectivity index (χ3v) is 3.45. The van der Waals surface area contributed by atoms with Gasteiger partial charge in [-0.1, -0.05) is 50.8 Å². The van der Waals surface area contributed by atoms with Crippen LogP contribution in [0.5, 0.6) is 0 Å². The van der Waals surface area contributed by atoms with Gasteiger partial charge in [0.2, 0.25) is 0 Å². The molecule has 0 bridgehead atoms. The van der Waals surface area contributed by atoms with Gasteiger partial charge >= 0.3 is 0 Å². The van der Waals surface area contributed by atoms with Crippen molar-refractivity contribution >= 4 is 17.2 Å². The van der Waals surface area contributed by atoms with E-state index in [0.717, 1.165) is 23.8 Å². The van der Waals surface area contributed by atoms with Crippen molar-refractivity contribution in [2.24, 2.45) is 0 Å². The summed E-state index contributed by atoms with van der Waals surface area (Å²) in [6, 6.07) is 8.13. The van der Waals surface area contributed by atoms with Gasteiger partial charge in [0.15, 0.2) is 6.29 Å². The number of unbranched alkanes of at least 4 members (excludes halogenated alkanes) is 4. The Morgan fingerprint density at radius 2 is 1.89 bits per heavy atom. The Hall–Kier alpha value is -1.57. The molecule has 0 radical (unpaired) electrons. The molecule has 0 atom stereocenters. The number of rotatable bonds is 7. The summed E-state index contributed by atoms with van der Waals surface area (Å²) in [6.45, 7) is 3.24. The predicted molar refractivity (Wildman–Crippen MR) is 76.1 cm³/mol. The molecule has 2 aromatic rings. The van der Waals surface area contributed by atoms with E-state index in [1.165, 1.54) is 37.6 Å². The normalized spacial score (nSPS) is 10.9. The zero-order valence-electron chi connectivity index (χ0n) is 11.1. The van der Waals surface area contributed by atoms with E-state index in [1.807, 2.05) is 24.4 Å². The maximum atomic E-state index is 11.0. The minimum absolute atomic E-state index is 0.805. The van der Waals surface area contributed by atoms with Crippen molar-refractivity contribution in [3.63, 3.8) is 0 Å². The summed E-state index contributed by atoms with van der Waals surface area (Å²) >= 11 is 0. The summed E-state index contributed by atoms with van der Waals surface area (Å²) in [6.07, 6.45) is 9.32. The second kappa shape index (κ2) is 6.39. The molecule has 96 valence electrons. The number of hydrogen-bond donors (Lipinski definition) is 0. The molecule has 1 aromatic carbocycles. The lowest BCUT2D eigenvalue weighted by Gasteiger charge is -2.04. The van der Waals surface area contributed by atoms with Gasteiger partial charge in [0, 0.05) is 29.2 Å². The zero-order chi connectivity index (χ0) is 12.8. The molecule has 0 aliphatic heterocycles. The maximum absolute atomic E-state index is 11.0. The van der Waals surface area contributed by atoms with Crippen molar-refractivity contribution < 1.29 is 4.79 Å². The minimum Gasteiger partial charge on any atom is -0.347 e. The van der Waals surface area contributed by atoms with Crippen LogP contribution in [0.15, 0.2) is 30.5 Å². The second-order valence-electron chi connectivity index (χ2n) is 4.83. The molecule has 0 aliphatic carbocycles. The highest BCUT2D eigenvalue weighted by atomic mass is 16.1. The van der Waals surface area contributed by atoms with Crippen LogP contribution in [-0.2, 0) is 6.54 Å². The number of carbonyl (C=O) groups is 1. The number of aldehydes is 1. The van der Waals surface area contributed by atoms with E-state index in [9.17, 15) is 4.79 Å². The Morgan fingerprint density at radius 1 is 1.11 bits per heavy atom.